The zero-order valence-corrected chi connectivity index (χ0v) is 15.8. The quantitative estimate of drug-likeness (QED) is 0.529. The molecule has 2 rings (SSSR count). The Morgan fingerprint density at radius 2 is 1.83 bits per heavy atom. The lowest BCUT2D eigenvalue weighted by Gasteiger charge is -2.22. The number of carbonyl (C=O) groups excluding carboxylic acids is 1. The second kappa shape index (κ2) is 9.90. The summed E-state index contributed by atoms with van der Waals surface area (Å²) in [5, 5.41) is 6.91. The Morgan fingerprint density at radius 1 is 1.12 bits per heavy atom. The number of rotatable bonds is 8. The van der Waals surface area contributed by atoms with Crippen LogP contribution in [0.1, 0.15) is 65.7 Å². The van der Waals surface area contributed by atoms with Gasteiger partial charge in [-0.15, -0.1) is 0 Å². The van der Waals surface area contributed by atoms with Crippen LogP contribution in [-0.2, 0) is 4.79 Å². The highest BCUT2D eigenvalue weighted by molar-refractivity contribution is 5.81. The summed E-state index contributed by atoms with van der Waals surface area (Å²) in [7, 11) is 0. The van der Waals surface area contributed by atoms with Crippen LogP contribution < -0.4 is 10.6 Å². The SMILES string of the molecule is CCNC(=NCCC(=O)N(CC)CC)NC1CC1C1CCCCC1. The summed E-state index contributed by atoms with van der Waals surface area (Å²) in [6, 6.07) is 0.587. The normalized spacial score (nSPS) is 24.5. The Morgan fingerprint density at radius 3 is 2.46 bits per heavy atom. The van der Waals surface area contributed by atoms with Gasteiger partial charge < -0.3 is 15.5 Å². The average molecular weight is 337 g/mol. The van der Waals surface area contributed by atoms with E-state index in [1.54, 1.807) is 0 Å². The first-order valence-electron chi connectivity index (χ1n) is 10.0. The van der Waals surface area contributed by atoms with E-state index in [4.69, 9.17) is 0 Å². The molecule has 0 saturated heterocycles. The molecule has 2 N–H and O–H groups in total. The van der Waals surface area contributed by atoms with Gasteiger partial charge in [0.05, 0.1) is 6.54 Å². The Labute approximate surface area is 147 Å². The van der Waals surface area contributed by atoms with Crippen LogP contribution in [0.2, 0.25) is 0 Å². The van der Waals surface area contributed by atoms with Gasteiger partial charge in [-0.3, -0.25) is 9.79 Å². The summed E-state index contributed by atoms with van der Waals surface area (Å²) in [6.07, 6.45) is 8.85. The highest BCUT2D eigenvalue weighted by atomic mass is 16.2. The zero-order valence-electron chi connectivity index (χ0n) is 15.8. The van der Waals surface area contributed by atoms with E-state index < -0.39 is 0 Å². The molecule has 2 fully saturated rings. The van der Waals surface area contributed by atoms with Gasteiger partial charge in [0.2, 0.25) is 5.91 Å². The van der Waals surface area contributed by atoms with Crippen LogP contribution in [0.3, 0.4) is 0 Å². The maximum atomic E-state index is 12.1. The molecule has 138 valence electrons. The van der Waals surface area contributed by atoms with Crippen LogP contribution in [0.25, 0.3) is 0 Å². The van der Waals surface area contributed by atoms with E-state index in [0.29, 0.717) is 19.0 Å². The van der Waals surface area contributed by atoms with Crippen molar-refractivity contribution in [2.24, 2.45) is 16.8 Å². The molecule has 1 amide bonds. The van der Waals surface area contributed by atoms with Crippen LogP contribution in [-0.4, -0.2) is 49.0 Å². The molecule has 2 unspecified atom stereocenters. The maximum Gasteiger partial charge on any atom is 0.224 e. The summed E-state index contributed by atoms with van der Waals surface area (Å²) < 4.78 is 0. The number of guanidine groups is 1. The minimum atomic E-state index is 0.200. The number of nitrogens with one attached hydrogen (secondary N) is 2. The first-order chi connectivity index (χ1) is 11.7. The molecule has 2 atom stereocenters. The van der Waals surface area contributed by atoms with Crippen molar-refractivity contribution in [3.05, 3.63) is 0 Å². The van der Waals surface area contributed by atoms with Gasteiger partial charge in [0.1, 0.15) is 0 Å². The van der Waals surface area contributed by atoms with Crippen molar-refractivity contribution in [1.82, 2.24) is 15.5 Å². The first kappa shape index (κ1) is 19.1. The van der Waals surface area contributed by atoms with Crippen molar-refractivity contribution in [1.29, 1.82) is 0 Å². The second-order valence-electron chi connectivity index (χ2n) is 7.13. The van der Waals surface area contributed by atoms with Gasteiger partial charge in [-0.1, -0.05) is 32.1 Å². The topological polar surface area (TPSA) is 56.7 Å². The van der Waals surface area contributed by atoms with Gasteiger partial charge in [-0.25, -0.2) is 0 Å². The zero-order chi connectivity index (χ0) is 17.4. The molecule has 2 saturated carbocycles. The number of aliphatic imine (C=N–C) groups is 1. The highest BCUT2D eigenvalue weighted by Crippen LogP contribution is 2.44. The number of hydrogen-bond donors (Lipinski definition) is 2. The predicted octanol–water partition coefficient (Wildman–Crippen LogP) is 2.77. The van der Waals surface area contributed by atoms with Gasteiger partial charge in [-0.2, -0.15) is 0 Å². The molecule has 0 aromatic rings. The summed E-state index contributed by atoms with van der Waals surface area (Å²) in [5.74, 6) is 2.84. The standard InChI is InChI=1S/C19H36N4O/c1-4-20-19(21-13-12-18(24)23(5-2)6-3)22-17-14-16(17)15-10-8-7-9-11-15/h15-17H,4-14H2,1-3H3,(H2,20,21,22). The second-order valence-corrected chi connectivity index (χ2v) is 7.13. The molecule has 0 bridgehead atoms. The van der Waals surface area contributed by atoms with E-state index in [2.05, 4.69) is 22.5 Å². The average Bonchev–Trinajstić information content (AvgIpc) is 3.36. The smallest absolute Gasteiger partial charge is 0.224 e. The number of carbonyl (C=O) groups is 1. The van der Waals surface area contributed by atoms with Crippen molar-refractivity contribution < 1.29 is 4.79 Å². The Bertz CT molecular complexity index is 414. The van der Waals surface area contributed by atoms with Crippen molar-refractivity contribution in [2.45, 2.75) is 71.8 Å². The number of hydrogen-bond acceptors (Lipinski definition) is 2. The molecule has 0 aromatic carbocycles. The van der Waals surface area contributed by atoms with Gasteiger partial charge >= 0.3 is 0 Å². The van der Waals surface area contributed by atoms with Gasteiger partial charge in [0, 0.05) is 32.1 Å². The van der Waals surface area contributed by atoms with Crippen molar-refractivity contribution in [3.8, 4) is 0 Å². The number of nitrogens with zero attached hydrogens (tertiary/aromatic N) is 2. The molecule has 0 aliphatic heterocycles. The summed E-state index contributed by atoms with van der Waals surface area (Å²) in [4.78, 5) is 18.5. The molecule has 2 aliphatic carbocycles. The summed E-state index contributed by atoms with van der Waals surface area (Å²) in [6.45, 7) is 9.11. The van der Waals surface area contributed by atoms with Crippen molar-refractivity contribution >= 4 is 11.9 Å². The fourth-order valence-electron chi connectivity index (χ4n) is 3.96. The summed E-state index contributed by atoms with van der Waals surface area (Å²) in [5.41, 5.74) is 0. The predicted molar refractivity (Wildman–Crippen MR) is 100 cm³/mol. The van der Waals surface area contributed by atoms with E-state index >= 15 is 0 Å². The van der Waals surface area contributed by atoms with E-state index in [9.17, 15) is 4.79 Å². The lowest BCUT2D eigenvalue weighted by atomic mass is 9.85. The van der Waals surface area contributed by atoms with Gasteiger partial charge in [-0.05, 0) is 39.0 Å². The molecule has 0 aromatic heterocycles. The Hall–Kier alpha value is -1.26. The largest absolute Gasteiger partial charge is 0.357 e. The molecular formula is C19H36N4O. The minimum absolute atomic E-state index is 0.200. The van der Waals surface area contributed by atoms with E-state index in [0.717, 1.165) is 37.4 Å². The molecule has 2 aliphatic rings. The lowest BCUT2D eigenvalue weighted by Crippen LogP contribution is -2.40. The van der Waals surface area contributed by atoms with Gasteiger partial charge in [0.25, 0.3) is 0 Å². The minimum Gasteiger partial charge on any atom is -0.357 e. The highest BCUT2D eigenvalue weighted by Gasteiger charge is 2.43. The van der Waals surface area contributed by atoms with E-state index in [-0.39, 0.29) is 5.91 Å². The van der Waals surface area contributed by atoms with Gasteiger partial charge in [0.15, 0.2) is 5.96 Å². The molecule has 0 radical (unpaired) electrons. The van der Waals surface area contributed by atoms with Crippen molar-refractivity contribution in [3.63, 3.8) is 0 Å². The Balaban J connectivity index is 1.76. The molecule has 24 heavy (non-hydrogen) atoms. The van der Waals surface area contributed by atoms with E-state index in [1.165, 1.54) is 38.5 Å². The third-order valence-electron chi connectivity index (χ3n) is 5.47. The van der Waals surface area contributed by atoms with Crippen LogP contribution >= 0.6 is 0 Å². The fourth-order valence-corrected chi connectivity index (χ4v) is 3.96. The van der Waals surface area contributed by atoms with Crippen LogP contribution in [0.5, 0.6) is 0 Å². The third kappa shape index (κ3) is 5.67. The molecule has 0 spiro atoms. The summed E-state index contributed by atoms with van der Waals surface area (Å²) >= 11 is 0. The molecular weight excluding hydrogens is 300 g/mol. The Kier molecular flexibility index (Phi) is 7.86. The lowest BCUT2D eigenvalue weighted by molar-refractivity contribution is -0.130. The number of amides is 1. The molecule has 0 heterocycles. The molecule has 5 heteroatoms. The first-order valence-corrected chi connectivity index (χ1v) is 10.0. The third-order valence-corrected chi connectivity index (χ3v) is 5.47. The fraction of sp³-hybridized carbons (Fsp3) is 0.895. The van der Waals surface area contributed by atoms with Crippen LogP contribution in [0.4, 0.5) is 0 Å². The van der Waals surface area contributed by atoms with Crippen molar-refractivity contribution in [2.75, 3.05) is 26.2 Å². The monoisotopic (exact) mass is 336 g/mol. The van der Waals surface area contributed by atoms with Crippen LogP contribution in [0, 0.1) is 11.8 Å². The van der Waals surface area contributed by atoms with Crippen LogP contribution in [0.15, 0.2) is 4.99 Å². The molecule has 5 nitrogen and oxygen atoms in total. The maximum absolute atomic E-state index is 12.1. The van der Waals surface area contributed by atoms with E-state index in [1.807, 2.05) is 18.7 Å².